The number of hydrogen-bond acceptors (Lipinski definition) is 4. The lowest BCUT2D eigenvalue weighted by molar-refractivity contribution is 0.139. The second kappa shape index (κ2) is 6.20. The maximum atomic E-state index is 12.6. The van der Waals surface area contributed by atoms with Gasteiger partial charge in [-0.05, 0) is 25.0 Å². The van der Waals surface area contributed by atoms with Gasteiger partial charge < -0.3 is 0 Å². The highest BCUT2D eigenvalue weighted by Gasteiger charge is 2.31. The predicted octanol–water partition coefficient (Wildman–Crippen LogP) is 1.98. The van der Waals surface area contributed by atoms with Crippen LogP contribution in [0.4, 0.5) is 0 Å². The molecule has 0 atom stereocenters. The summed E-state index contributed by atoms with van der Waals surface area (Å²) in [4.78, 5) is 6.51. The number of nitrogens with zero attached hydrogens (tertiary/aromatic N) is 3. The van der Waals surface area contributed by atoms with Gasteiger partial charge in [-0.1, -0.05) is 24.4 Å². The molecule has 2 aliphatic rings. The fourth-order valence-corrected chi connectivity index (χ4v) is 4.95. The molecule has 0 bridgehead atoms. The highest BCUT2D eigenvalue weighted by Crippen LogP contribution is 2.26. The average Bonchev–Trinajstić information content (AvgIpc) is 3.02. The summed E-state index contributed by atoms with van der Waals surface area (Å²) in [5.74, 6) is 0. The van der Waals surface area contributed by atoms with E-state index >= 15 is 0 Å². The Bertz CT molecular complexity index is 594. The minimum absolute atomic E-state index is 0.209. The van der Waals surface area contributed by atoms with Gasteiger partial charge >= 0.3 is 0 Å². The molecular formula is C14H20ClN3O2S. The Labute approximate surface area is 131 Å². The molecule has 0 spiro atoms. The first-order valence-electron chi connectivity index (χ1n) is 7.43. The summed E-state index contributed by atoms with van der Waals surface area (Å²) in [5, 5.41) is 0.209. The fourth-order valence-electron chi connectivity index (χ4n) is 3.27. The molecule has 0 N–H and O–H groups in total. The second-order valence-corrected chi connectivity index (χ2v) is 8.02. The van der Waals surface area contributed by atoms with Crippen LogP contribution in [0.15, 0.2) is 23.2 Å². The lowest BCUT2D eigenvalue weighted by atomic mass is 10.2. The Morgan fingerprint density at radius 1 is 1.14 bits per heavy atom. The Hall–Kier alpha value is -0.690. The standard InChI is InChI=1S/C14H20ClN3O2S/c15-14-11-13(5-6-16-14)21(19,20)18-9-7-17(8-10-18)12-3-1-2-4-12/h5-6,11-12H,1-4,7-10H2. The number of sulfonamides is 1. The molecular weight excluding hydrogens is 310 g/mol. The second-order valence-electron chi connectivity index (χ2n) is 5.69. The van der Waals surface area contributed by atoms with Crippen LogP contribution in [0.25, 0.3) is 0 Å². The van der Waals surface area contributed by atoms with E-state index in [2.05, 4.69) is 9.88 Å². The van der Waals surface area contributed by atoms with Crippen LogP contribution in [-0.2, 0) is 10.0 Å². The SMILES string of the molecule is O=S(=O)(c1ccnc(Cl)c1)N1CCN(C2CCCC2)CC1. The third-order valence-electron chi connectivity index (χ3n) is 4.45. The van der Waals surface area contributed by atoms with Gasteiger partial charge in [-0.25, -0.2) is 13.4 Å². The van der Waals surface area contributed by atoms with Crippen molar-refractivity contribution in [3.05, 3.63) is 23.5 Å². The van der Waals surface area contributed by atoms with Crippen LogP contribution < -0.4 is 0 Å². The normalized spacial score (nSPS) is 22.7. The van der Waals surface area contributed by atoms with Crippen LogP contribution in [0.5, 0.6) is 0 Å². The first-order valence-corrected chi connectivity index (χ1v) is 9.25. The lowest BCUT2D eigenvalue weighted by Crippen LogP contribution is -2.51. The van der Waals surface area contributed by atoms with E-state index in [1.54, 1.807) is 4.31 Å². The molecule has 1 saturated heterocycles. The van der Waals surface area contributed by atoms with E-state index in [1.165, 1.54) is 44.0 Å². The van der Waals surface area contributed by atoms with Crippen molar-refractivity contribution in [2.75, 3.05) is 26.2 Å². The zero-order valence-electron chi connectivity index (χ0n) is 11.9. The topological polar surface area (TPSA) is 53.5 Å². The van der Waals surface area contributed by atoms with E-state index in [4.69, 9.17) is 11.6 Å². The van der Waals surface area contributed by atoms with Gasteiger partial charge in [-0.15, -0.1) is 0 Å². The van der Waals surface area contributed by atoms with Crippen molar-refractivity contribution >= 4 is 21.6 Å². The Morgan fingerprint density at radius 2 is 1.81 bits per heavy atom. The highest BCUT2D eigenvalue weighted by atomic mass is 35.5. The van der Waals surface area contributed by atoms with Crippen molar-refractivity contribution in [3.8, 4) is 0 Å². The van der Waals surface area contributed by atoms with Crippen LogP contribution >= 0.6 is 11.6 Å². The summed E-state index contributed by atoms with van der Waals surface area (Å²) in [7, 11) is -3.45. The number of hydrogen-bond donors (Lipinski definition) is 0. The minimum Gasteiger partial charge on any atom is -0.298 e. The van der Waals surface area contributed by atoms with Gasteiger partial charge in [0.15, 0.2) is 0 Å². The van der Waals surface area contributed by atoms with Crippen molar-refractivity contribution in [2.45, 2.75) is 36.6 Å². The van der Waals surface area contributed by atoms with Gasteiger partial charge in [0.1, 0.15) is 5.15 Å². The molecule has 1 aromatic heterocycles. The molecule has 21 heavy (non-hydrogen) atoms. The minimum atomic E-state index is -3.45. The third kappa shape index (κ3) is 3.23. The van der Waals surface area contributed by atoms with Crippen LogP contribution in [0.1, 0.15) is 25.7 Å². The van der Waals surface area contributed by atoms with E-state index in [-0.39, 0.29) is 10.0 Å². The first kappa shape index (κ1) is 15.2. The van der Waals surface area contributed by atoms with Gasteiger partial charge in [0.2, 0.25) is 10.0 Å². The van der Waals surface area contributed by atoms with Crippen molar-refractivity contribution in [1.82, 2.24) is 14.2 Å². The monoisotopic (exact) mass is 329 g/mol. The van der Waals surface area contributed by atoms with Crippen molar-refractivity contribution in [1.29, 1.82) is 0 Å². The van der Waals surface area contributed by atoms with E-state index in [9.17, 15) is 8.42 Å². The van der Waals surface area contributed by atoms with Crippen molar-refractivity contribution in [2.24, 2.45) is 0 Å². The van der Waals surface area contributed by atoms with E-state index < -0.39 is 10.0 Å². The first-order chi connectivity index (χ1) is 10.1. The molecule has 7 heteroatoms. The molecule has 1 aliphatic carbocycles. The average molecular weight is 330 g/mol. The van der Waals surface area contributed by atoms with Gasteiger partial charge in [0, 0.05) is 38.4 Å². The van der Waals surface area contributed by atoms with Gasteiger partial charge in [0.25, 0.3) is 0 Å². The van der Waals surface area contributed by atoms with Crippen LogP contribution in [-0.4, -0.2) is 54.8 Å². The smallest absolute Gasteiger partial charge is 0.243 e. The maximum absolute atomic E-state index is 12.6. The maximum Gasteiger partial charge on any atom is 0.243 e. The molecule has 0 unspecified atom stereocenters. The van der Waals surface area contributed by atoms with Crippen LogP contribution in [0.3, 0.4) is 0 Å². The largest absolute Gasteiger partial charge is 0.298 e. The molecule has 2 fully saturated rings. The summed E-state index contributed by atoms with van der Waals surface area (Å²) in [5.41, 5.74) is 0. The Balaban J connectivity index is 1.68. The van der Waals surface area contributed by atoms with E-state index in [0.29, 0.717) is 19.1 Å². The summed E-state index contributed by atoms with van der Waals surface area (Å²) >= 11 is 5.80. The number of halogens is 1. The number of rotatable bonds is 3. The summed E-state index contributed by atoms with van der Waals surface area (Å²) in [6, 6.07) is 3.58. The zero-order valence-corrected chi connectivity index (χ0v) is 13.5. The van der Waals surface area contributed by atoms with E-state index in [0.717, 1.165) is 13.1 Å². The molecule has 2 heterocycles. The molecule has 1 saturated carbocycles. The van der Waals surface area contributed by atoms with Gasteiger partial charge in [0.05, 0.1) is 4.90 Å². The molecule has 0 radical (unpaired) electrons. The van der Waals surface area contributed by atoms with Crippen LogP contribution in [0, 0.1) is 0 Å². The van der Waals surface area contributed by atoms with Crippen molar-refractivity contribution < 1.29 is 8.42 Å². The number of piperazine rings is 1. The molecule has 5 nitrogen and oxygen atoms in total. The Morgan fingerprint density at radius 3 is 2.43 bits per heavy atom. The molecule has 0 aromatic carbocycles. The Kier molecular flexibility index (Phi) is 4.49. The molecule has 0 amide bonds. The molecule has 116 valence electrons. The lowest BCUT2D eigenvalue weighted by Gasteiger charge is -2.37. The van der Waals surface area contributed by atoms with Gasteiger partial charge in [-0.3, -0.25) is 4.90 Å². The van der Waals surface area contributed by atoms with Crippen molar-refractivity contribution in [3.63, 3.8) is 0 Å². The number of pyridine rings is 1. The quantitative estimate of drug-likeness (QED) is 0.796. The summed E-state index contributed by atoms with van der Waals surface area (Å²) in [6.07, 6.45) is 6.56. The molecule has 3 rings (SSSR count). The van der Waals surface area contributed by atoms with Crippen LogP contribution in [0.2, 0.25) is 5.15 Å². The number of aromatic nitrogens is 1. The summed E-state index contributed by atoms with van der Waals surface area (Å²) in [6.45, 7) is 2.75. The molecule has 1 aromatic rings. The summed E-state index contributed by atoms with van der Waals surface area (Å²) < 4.78 is 26.7. The zero-order chi connectivity index (χ0) is 14.9. The fraction of sp³-hybridized carbons (Fsp3) is 0.643. The third-order valence-corrected chi connectivity index (χ3v) is 6.55. The molecule has 1 aliphatic heterocycles. The highest BCUT2D eigenvalue weighted by molar-refractivity contribution is 7.89. The predicted molar refractivity (Wildman–Crippen MR) is 81.8 cm³/mol. The van der Waals surface area contributed by atoms with E-state index in [1.807, 2.05) is 0 Å². The van der Waals surface area contributed by atoms with Gasteiger partial charge in [-0.2, -0.15) is 4.31 Å².